The molecule has 1 unspecified atom stereocenters. The third kappa shape index (κ3) is 3.82. The second-order valence-corrected chi connectivity index (χ2v) is 5.58. The van der Waals surface area contributed by atoms with Gasteiger partial charge in [-0.05, 0) is 44.7 Å². The van der Waals surface area contributed by atoms with E-state index in [0.717, 1.165) is 17.8 Å². The Balaban J connectivity index is 2.04. The van der Waals surface area contributed by atoms with Gasteiger partial charge in [0.05, 0.1) is 0 Å². The summed E-state index contributed by atoms with van der Waals surface area (Å²) in [7, 11) is 0. The third-order valence-electron chi connectivity index (χ3n) is 3.62. The number of pyridine rings is 1. The Hall–Kier alpha value is -1.32. The predicted octanol–water partition coefficient (Wildman–Crippen LogP) is 4.10. The van der Waals surface area contributed by atoms with Gasteiger partial charge in [0.1, 0.15) is 0 Å². The fourth-order valence-corrected chi connectivity index (χ4v) is 2.83. The first-order chi connectivity index (χ1) is 8.85. The summed E-state index contributed by atoms with van der Waals surface area (Å²) in [4.78, 5) is 16.4. The summed E-state index contributed by atoms with van der Waals surface area (Å²) in [6, 6.07) is 3.46. The van der Waals surface area contributed by atoms with E-state index < -0.39 is 5.92 Å². The number of hydrogen-bond acceptors (Lipinski definition) is 2. The molecule has 0 bridgehead atoms. The summed E-state index contributed by atoms with van der Waals surface area (Å²) in [5, 5.41) is 0. The number of rotatable bonds is 3. The molecular weight excluding hydrogens is 248 g/mol. The van der Waals surface area contributed by atoms with Gasteiger partial charge in [-0.15, -0.1) is 0 Å². The van der Waals surface area contributed by atoms with E-state index in [4.69, 9.17) is 0 Å². The average Bonchev–Trinajstić information content (AvgIpc) is 2.26. The zero-order valence-electron chi connectivity index (χ0n) is 11.4. The van der Waals surface area contributed by atoms with Crippen molar-refractivity contribution in [2.24, 2.45) is 5.92 Å². The molecule has 1 fully saturated rings. The lowest BCUT2D eigenvalue weighted by Gasteiger charge is -2.28. The van der Waals surface area contributed by atoms with Crippen LogP contribution < -0.4 is 0 Å². The van der Waals surface area contributed by atoms with Crippen molar-refractivity contribution in [1.29, 1.82) is 0 Å². The number of alkyl halides is 2. The van der Waals surface area contributed by atoms with Crippen LogP contribution in [0.25, 0.3) is 0 Å². The Bertz CT molecular complexity index is 465. The number of Topliss-reactive ketones (excluding diaryl/α,β-unsaturated/α-hetero) is 1. The van der Waals surface area contributed by atoms with E-state index in [-0.39, 0.29) is 31.0 Å². The smallest absolute Gasteiger partial charge is 0.248 e. The van der Waals surface area contributed by atoms with E-state index in [1.165, 1.54) is 0 Å². The highest BCUT2D eigenvalue weighted by Crippen LogP contribution is 2.38. The minimum absolute atomic E-state index is 0.0365. The van der Waals surface area contributed by atoms with Crippen LogP contribution in [-0.4, -0.2) is 16.7 Å². The molecule has 0 aromatic carbocycles. The maximum Gasteiger partial charge on any atom is 0.248 e. The Morgan fingerprint density at radius 2 is 2.00 bits per heavy atom. The van der Waals surface area contributed by atoms with Gasteiger partial charge in [-0.2, -0.15) is 0 Å². The van der Waals surface area contributed by atoms with Crippen LogP contribution in [0.1, 0.15) is 53.8 Å². The van der Waals surface area contributed by atoms with Crippen molar-refractivity contribution in [1.82, 2.24) is 4.98 Å². The number of nitrogens with zero attached hydrogens (tertiary/aromatic N) is 1. The molecule has 1 aliphatic rings. The van der Waals surface area contributed by atoms with Crippen LogP contribution in [0.2, 0.25) is 0 Å². The minimum atomic E-state index is -2.59. The normalized spacial score (nSPS) is 22.2. The third-order valence-corrected chi connectivity index (χ3v) is 3.62. The van der Waals surface area contributed by atoms with Crippen LogP contribution in [0.3, 0.4) is 0 Å². The molecule has 0 amide bonds. The highest BCUT2D eigenvalue weighted by Gasteiger charge is 2.36. The molecule has 1 heterocycles. The number of aromatic nitrogens is 1. The lowest BCUT2D eigenvalue weighted by Crippen LogP contribution is -2.27. The van der Waals surface area contributed by atoms with Gasteiger partial charge in [-0.1, -0.05) is 0 Å². The van der Waals surface area contributed by atoms with Gasteiger partial charge in [-0.25, -0.2) is 8.78 Å². The molecule has 1 saturated carbocycles. The predicted molar refractivity (Wildman–Crippen MR) is 69.6 cm³/mol. The van der Waals surface area contributed by atoms with Crippen LogP contribution in [0, 0.1) is 19.8 Å². The highest BCUT2D eigenvalue weighted by atomic mass is 19.3. The minimum Gasteiger partial charge on any atom is -0.294 e. The maximum absolute atomic E-state index is 13.3. The first-order valence-electron chi connectivity index (χ1n) is 6.72. The maximum atomic E-state index is 13.3. The van der Waals surface area contributed by atoms with Gasteiger partial charge in [0.25, 0.3) is 0 Å². The zero-order chi connectivity index (χ0) is 14.0. The van der Waals surface area contributed by atoms with Crippen LogP contribution in [0.4, 0.5) is 8.78 Å². The van der Waals surface area contributed by atoms with E-state index in [1.807, 2.05) is 13.8 Å². The van der Waals surface area contributed by atoms with Gasteiger partial charge < -0.3 is 0 Å². The second kappa shape index (κ2) is 5.35. The number of aryl methyl sites for hydroxylation is 2. The second-order valence-electron chi connectivity index (χ2n) is 5.58. The molecule has 19 heavy (non-hydrogen) atoms. The molecule has 4 heteroatoms. The number of halogens is 2. The number of carbonyl (C=O) groups excluding carboxylic acids is 1. The van der Waals surface area contributed by atoms with Crippen molar-refractivity contribution < 1.29 is 13.6 Å². The summed E-state index contributed by atoms with van der Waals surface area (Å²) in [5.41, 5.74) is 2.17. The lowest BCUT2D eigenvalue weighted by atomic mass is 9.82. The Morgan fingerprint density at radius 1 is 1.37 bits per heavy atom. The first-order valence-corrected chi connectivity index (χ1v) is 6.72. The summed E-state index contributed by atoms with van der Waals surface area (Å²) in [5.74, 6) is -2.82. The molecule has 2 rings (SSSR count). The van der Waals surface area contributed by atoms with E-state index in [9.17, 15) is 13.6 Å². The van der Waals surface area contributed by atoms with Crippen molar-refractivity contribution >= 4 is 5.78 Å². The molecule has 0 N–H and O–H groups in total. The molecule has 0 spiro atoms. The lowest BCUT2D eigenvalue weighted by molar-refractivity contribution is -0.0521. The molecule has 1 aliphatic carbocycles. The Morgan fingerprint density at radius 3 is 2.58 bits per heavy atom. The van der Waals surface area contributed by atoms with Crippen molar-refractivity contribution in [3.8, 4) is 0 Å². The van der Waals surface area contributed by atoms with E-state index in [1.54, 1.807) is 12.1 Å². The van der Waals surface area contributed by atoms with Gasteiger partial charge in [-0.3, -0.25) is 9.78 Å². The quantitative estimate of drug-likeness (QED) is 0.772. The van der Waals surface area contributed by atoms with Gasteiger partial charge in [0.15, 0.2) is 5.78 Å². The number of carbonyl (C=O) groups is 1. The summed E-state index contributed by atoms with van der Waals surface area (Å²) >= 11 is 0. The van der Waals surface area contributed by atoms with Crippen molar-refractivity contribution in [2.45, 2.75) is 51.9 Å². The molecule has 104 valence electrons. The largest absolute Gasteiger partial charge is 0.294 e. The fraction of sp³-hybridized carbons (Fsp3) is 0.600. The van der Waals surface area contributed by atoms with Crippen LogP contribution in [0.15, 0.2) is 12.1 Å². The van der Waals surface area contributed by atoms with Crippen LogP contribution in [0.5, 0.6) is 0 Å². The summed E-state index contributed by atoms with van der Waals surface area (Å²) in [6.45, 7) is 3.66. The van der Waals surface area contributed by atoms with Gasteiger partial charge >= 0.3 is 0 Å². The molecule has 1 atom stereocenters. The Labute approximate surface area is 112 Å². The molecule has 0 saturated heterocycles. The van der Waals surface area contributed by atoms with Crippen LogP contribution >= 0.6 is 0 Å². The molecule has 2 nitrogen and oxygen atoms in total. The first kappa shape index (κ1) is 14.1. The van der Waals surface area contributed by atoms with Gasteiger partial charge in [0, 0.05) is 36.2 Å². The molecule has 1 aromatic heterocycles. The van der Waals surface area contributed by atoms with Crippen molar-refractivity contribution in [3.05, 3.63) is 29.1 Å². The van der Waals surface area contributed by atoms with E-state index in [0.29, 0.717) is 12.0 Å². The molecule has 0 radical (unpaired) electrons. The van der Waals surface area contributed by atoms with E-state index in [2.05, 4.69) is 4.98 Å². The molecule has 0 aliphatic heterocycles. The Kier molecular flexibility index (Phi) is 3.97. The fourth-order valence-electron chi connectivity index (χ4n) is 2.83. The molecular formula is C15H19F2NO. The van der Waals surface area contributed by atoms with E-state index >= 15 is 0 Å². The SMILES string of the molecule is Cc1cc(C(=O)CC2CCCC(F)(F)C2)cc(C)n1. The van der Waals surface area contributed by atoms with Crippen molar-refractivity contribution in [3.63, 3.8) is 0 Å². The number of ketones is 1. The zero-order valence-corrected chi connectivity index (χ0v) is 11.4. The number of hydrogen-bond donors (Lipinski definition) is 0. The molecule has 1 aromatic rings. The van der Waals surface area contributed by atoms with Crippen molar-refractivity contribution in [2.75, 3.05) is 0 Å². The summed E-state index contributed by atoms with van der Waals surface area (Å²) < 4.78 is 26.6. The monoisotopic (exact) mass is 267 g/mol. The topological polar surface area (TPSA) is 30.0 Å². The van der Waals surface area contributed by atoms with Crippen LogP contribution in [-0.2, 0) is 0 Å². The average molecular weight is 267 g/mol. The standard InChI is InChI=1S/C15H19F2NO/c1-10-6-13(7-11(2)18-10)14(19)8-12-4-3-5-15(16,17)9-12/h6-7,12H,3-5,8-9H2,1-2H3. The highest BCUT2D eigenvalue weighted by molar-refractivity contribution is 5.96. The summed E-state index contributed by atoms with van der Waals surface area (Å²) in [6.07, 6.45) is 1.27. The van der Waals surface area contributed by atoms with Gasteiger partial charge in [0.2, 0.25) is 5.92 Å².